The van der Waals surface area contributed by atoms with Gasteiger partial charge in [0.05, 0.1) is 23.9 Å². The molecule has 0 unspecified atom stereocenters. The maximum atomic E-state index is 12.3. The molecular weight excluding hydrogens is 364 g/mol. The van der Waals surface area contributed by atoms with Gasteiger partial charge >= 0.3 is 5.97 Å². The molecule has 0 spiro atoms. The summed E-state index contributed by atoms with van der Waals surface area (Å²) in [4.78, 5) is 29.1. The predicted molar refractivity (Wildman–Crippen MR) is 105 cm³/mol. The molecule has 0 radical (unpaired) electrons. The van der Waals surface area contributed by atoms with Crippen LogP contribution in [0.2, 0.25) is 0 Å². The van der Waals surface area contributed by atoms with Crippen LogP contribution in [0.1, 0.15) is 16.2 Å². The Kier molecular flexibility index (Phi) is 6.13. The molecule has 0 amide bonds. The highest BCUT2D eigenvalue weighted by atomic mass is 32.2. The number of ether oxygens (including phenoxy) is 2. The number of carbonyl (C=O) groups is 2. The van der Waals surface area contributed by atoms with Crippen LogP contribution < -0.4 is 4.74 Å². The number of nitrogens with zero attached hydrogens (tertiary/aromatic N) is 2. The van der Waals surface area contributed by atoms with E-state index in [9.17, 15) is 9.59 Å². The lowest BCUT2D eigenvalue weighted by Crippen LogP contribution is -2.19. The average molecular weight is 384 g/mol. The van der Waals surface area contributed by atoms with Gasteiger partial charge in [0.15, 0.2) is 12.4 Å². The molecule has 0 aliphatic rings. The minimum atomic E-state index is -0.470. The fourth-order valence-corrected chi connectivity index (χ4v) is 3.20. The molecule has 0 aliphatic heterocycles. The third-order valence-corrected chi connectivity index (χ3v) is 4.62. The van der Waals surface area contributed by atoms with Crippen molar-refractivity contribution in [2.45, 2.75) is 12.3 Å². The maximum absolute atomic E-state index is 12.3. The van der Waals surface area contributed by atoms with Crippen LogP contribution in [0.15, 0.2) is 48.5 Å². The lowest BCUT2D eigenvalue weighted by molar-refractivity contribution is -0.143. The molecule has 1 aromatic heterocycles. The van der Waals surface area contributed by atoms with Gasteiger partial charge in [-0.05, 0) is 42.7 Å². The van der Waals surface area contributed by atoms with Gasteiger partial charge in [-0.15, -0.1) is 0 Å². The summed E-state index contributed by atoms with van der Waals surface area (Å²) < 4.78 is 12.1. The lowest BCUT2D eigenvalue weighted by atomic mass is 10.1. The lowest BCUT2D eigenvalue weighted by Gasteiger charge is -2.09. The number of imidazole rings is 1. The molecule has 3 rings (SSSR count). The maximum Gasteiger partial charge on any atom is 0.326 e. The Morgan fingerprint density at radius 1 is 1.11 bits per heavy atom. The highest BCUT2D eigenvalue weighted by Crippen LogP contribution is 2.19. The van der Waals surface area contributed by atoms with Gasteiger partial charge in [0.1, 0.15) is 18.1 Å². The molecule has 27 heavy (non-hydrogen) atoms. The van der Waals surface area contributed by atoms with Crippen LogP contribution in [0, 0.1) is 0 Å². The van der Waals surface area contributed by atoms with Crippen molar-refractivity contribution in [3.05, 3.63) is 59.9 Å². The normalized spacial score (nSPS) is 10.7. The molecule has 1 heterocycles. The molecule has 6 nitrogen and oxygen atoms in total. The van der Waals surface area contributed by atoms with E-state index in [1.165, 1.54) is 0 Å². The van der Waals surface area contributed by atoms with Crippen LogP contribution in [-0.2, 0) is 21.8 Å². The Balaban J connectivity index is 1.66. The van der Waals surface area contributed by atoms with E-state index in [1.54, 1.807) is 43.1 Å². The first kappa shape index (κ1) is 19.0. The largest absolute Gasteiger partial charge is 0.497 e. The van der Waals surface area contributed by atoms with Crippen molar-refractivity contribution in [2.24, 2.45) is 0 Å². The van der Waals surface area contributed by atoms with Gasteiger partial charge in [0, 0.05) is 5.56 Å². The summed E-state index contributed by atoms with van der Waals surface area (Å²) in [6.45, 7) is -0.276. The van der Waals surface area contributed by atoms with E-state index < -0.39 is 5.97 Å². The zero-order valence-corrected chi connectivity index (χ0v) is 16.0. The number of fused-ring (bicyclic) bond motifs is 1. The first-order chi connectivity index (χ1) is 13.1. The monoisotopic (exact) mass is 384 g/mol. The Hall–Kier alpha value is -2.80. The predicted octanol–water partition coefficient (Wildman–Crippen LogP) is 3.33. The molecule has 0 saturated heterocycles. The molecule has 7 heteroatoms. The van der Waals surface area contributed by atoms with E-state index in [4.69, 9.17) is 9.47 Å². The third-order valence-electron chi connectivity index (χ3n) is 4.07. The molecule has 0 saturated carbocycles. The van der Waals surface area contributed by atoms with Crippen molar-refractivity contribution in [3.8, 4) is 5.75 Å². The molecular formula is C20H20N2O4S. The number of ketones is 1. The number of rotatable bonds is 8. The third kappa shape index (κ3) is 4.49. The zero-order valence-electron chi connectivity index (χ0n) is 15.2. The van der Waals surface area contributed by atoms with Crippen LogP contribution in [0.4, 0.5) is 0 Å². The van der Waals surface area contributed by atoms with E-state index >= 15 is 0 Å². The highest BCUT2D eigenvalue weighted by molar-refractivity contribution is 7.97. The van der Waals surface area contributed by atoms with Gasteiger partial charge in [0.25, 0.3) is 0 Å². The smallest absolute Gasteiger partial charge is 0.326 e. The van der Waals surface area contributed by atoms with Gasteiger partial charge in [-0.2, -0.15) is 11.8 Å². The quantitative estimate of drug-likeness (QED) is 0.438. The van der Waals surface area contributed by atoms with Gasteiger partial charge in [-0.1, -0.05) is 12.1 Å². The second-order valence-electron chi connectivity index (χ2n) is 5.85. The minimum absolute atomic E-state index is 0.0201. The number of Topliss-reactive ketones (excluding diaryl/α,β-unsaturated/α-hetero) is 1. The van der Waals surface area contributed by atoms with Crippen LogP contribution >= 0.6 is 11.8 Å². The van der Waals surface area contributed by atoms with Crippen molar-refractivity contribution in [2.75, 3.05) is 20.0 Å². The Morgan fingerprint density at radius 2 is 1.85 bits per heavy atom. The fraction of sp³-hybridized carbons (Fsp3) is 0.250. The first-order valence-corrected chi connectivity index (χ1v) is 9.77. The number of hydrogen-bond donors (Lipinski definition) is 0. The van der Waals surface area contributed by atoms with E-state index in [-0.39, 0.29) is 18.9 Å². The first-order valence-electron chi connectivity index (χ1n) is 8.38. The number of esters is 1. The number of carbonyl (C=O) groups excluding carboxylic acids is 2. The molecule has 0 bridgehead atoms. The Labute approximate surface area is 161 Å². The van der Waals surface area contributed by atoms with Crippen molar-refractivity contribution in [3.63, 3.8) is 0 Å². The summed E-state index contributed by atoms with van der Waals surface area (Å²) in [6, 6.07) is 14.3. The SMILES string of the molecule is COc1ccc(C(=O)COC(=O)Cn2c(CSC)nc3ccccc32)cc1. The number of para-hydroxylation sites is 2. The highest BCUT2D eigenvalue weighted by Gasteiger charge is 2.15. The van der Waals surface area contributed by atoms with E-state index in [1.807, 2.05) is 35.1 Å². The molecule has 3 aromatic rings. The number of aromatic nitrogens is 2. The van der Waals surface area contributed by atoms with Crippen LogP contribution in [0.5, 0.6) is 5.75 Å². The summed E-state index contributed by atoms with van der Waals surface area (Å²) in [6.07, 6.45) is 1.98. The number of benzene rings is 2. The molecule has 0 aliphatic carbocycles. The van der Waals surface area contributed by atoms with Crippen molar-refractivity contribution >= 4 is 34.5 Å². The van der Waals surface area contributed by atoms with Crippen LogP contribution in [0.3, 0.4) is 0 Å². The standard InChI is InChI=1S/C20H20N2O4S/c1-25-15-9-7-14(8-10-15)18(23)12-26-20(24)11-22-17-6-4-3-5-16(17)21-19(22)13-27-2/h3-10H,11-13H2,1-2H3. The molecule has 0 N–H and O–H groups in total. The summed E-state index contributed by atoms with van der Waals surface area (Å²) in [5.74, 6) is 1.43. The second-order valence-corrected chi connectivity index (χ2v) is 6.71. The second kappa shape index (κ2) is 8.73. The van der Waals surface area contributed by atoms with Crippen molar-refractivity contribution in [1.29, 1.82) is 0 Å². The summed E-state index contributed by atoms with van der Waals surface area (Å²) >= 11 is 1.63. The number of methoxy groups -OCH3 is 1. The van der Waals surface area contributed by atoms with Gasteiger partial charge in [-0.25, -0.2) is 4.98 Å². The zero-order chi connectivity index (χ0) is 19.2. The molecule has 0 fully saturated rings. The number of thioether (sulfide) groups is 1. The molecule has 140 valence electrons. The Bertz CT molecular complexity index is 950. The topological polar surface area (TPSA) is 70.4 Å². The Morgan fingerprint density at radius 3 is 2.56 bits per heavy atom. The average Bonchev–Trinajstić information content (AvgIpc) is 3.04. The molecule has 0 atom stereocenters. The van der Waals surface area contributed by atoms with E-state index in [2.05, 4.69) is 4.98 Å². The van der Waals surface area contributed by atoms with Crippen LogP contribution in [-0.4, -0.2) is 41.3 Å². The summed E-state index contributed by atoms with van der Waals surface area (Å²) in [7, 11) is 1.56. The van der Waals surface area contributed by atoms with Gasteiger partial charge in [-0.3, -0.25) is 9.59 Å². The minimum Gasteiger partial charge on any atom is -0.497 e. The van der Waals surface area contributed by atoms with Crippen LogP contribution in [0.25, 0.3) is 11.0 Å². The summed E-state index contributed by atoms with van der Waals surface area (Å²) in [5, 5.41) is 0. The fourth-order valence-electron chi connectivity index (χ4n) is 2.72. The van der Waals surface area contributed by atoms with Crippen molar-refractivity contribution < 1.29 is 19.1 Å². The molecule has 2 aromatic carbocycles. The van der Waals surface area contributed by atoms with Gasteiger partial charge in [0.2, 0.25) is 0 Å². The van der Waals surface area contributed by atoms with E-state index in [0.717, 1.165) is 16.9 Å². The van der Waals surface area contributed by atoms with Crippen molar-refractivity contribution in [1.82, 2.24) is 9.55 Å². The van der Waals surface area contributed by atoms with E-state index in [0.29, 0.717) is 17.1 Å². The summed E-state index contributed by atoms with van der Waals surface area (Å²) in [5.41, 5.74) is 2.18. The number of hydrogen-bond acceptors (Lipinski definition) is 6. The van der Waals surface area contributed by atoms with Gasteiger partial charge < -0.3 is 14.0 Å².